The number of sulfone groups is 1. The predicted molar refractivity (Wildman–Crippen MR) is 102 cm³/mol. The number of carbonyl (C=O) groups excluding carboxylic acids is 1. The van der Waals surface area contributed by atoms with Crippen LogP contribution in [-0.2, 0) is 14.6 Å². The molecule has 0 N–H and O–H groups in total. The van der Waals surface area contributed by atoms with E-state index in [0.29, 0.717) is 25.4 Å². The SMILES string of the molecule is CC(C)C1CCC(C(=O)N2CCC(c3cccs3)S(=O)(=O)CC2)CC1. The van der Waals surface area contributed by atoms with Gasteiger partial charge in [-0.3, -0.25) is 4.79 Å². The first-order chi connectivity index (χ1) is 11.9. The van der Waals surface area contributed by atoms with Crippen LogP contribution in [0.4, 0.5) is 0 Å². The Labute approximate surface area is 155 Å². The van der Waals surface area contributed by atoms with Crippen LogP contribution in [0.1, 0.15) is 56.1 Å². The van der Waals surface area contributed by atoms with Crippen LogP contribution in [0, 0.1) is 17.8 Å². The van der Waals surface area contributed by atoms with Crippen molar-refractivity contribution in [2.45, 2.75) is 51.2 Å². The van der Waals surface area contributed by atoms with Crippen molar-refractivity contribution in [1.82, 2.24) is 4.90 Å². The van der Waals surface area contributed by atoms with Crippen molar-refractivity contribution in [3.63, 3.8) is 0 Å². The highest BCUT2D eigenvalue weighted by atomic mass is 32.2. The van der Waals surface area contributed by atoms with Gasteiger partial charge in [0.1, 0.15) is 0 Å². The van der Waals surface area contributed by atoms with E-state index in [4.69, 9.17) is 0 Å². The topological polar surface area (TPSA) is 54.5 Å². The number of hydrogen-bond acceptors (Lipinski definition) is 4. The summed E-state index contributed by atoms with van der Waals surface area (Å²) < 4.78 is 25.3. The Morgan fingerprint density at radius 3 is 2.48 bits per heavy atom. The van der Waals surface area contributed by atoms with Crippen molar-refractivity contribution in [3.05, 3.63) is 22.4 Å². The van der Waals surface area contributed by atoms with Gasteiger partial charge in [-0.1, -0.05) is 19.9 Å². The highest BCUT2D eigenvalue weighted by molar-refractivity contribution is 7.91. The maximum atomic E-state index is 12.9. The van der Waals surface area contributed by atoms with E-state index in [1.54, 1.807) is 0 Å². The zero-order valence-electron chi connectivity index (χ0n) is 15.2. The summed E-state index contributed by atoms with van der Waals surface area (Å²) in [7, 11) is -3.18. The summed E-state index contributed by atoms with van der Waals surface area (Å²) >= 11 is 1.50. The lowest BCUT2D eigenvalue weighted by molar-refractivity contribution is -0.136. The van der Waals surface area contributed by atoms with Gasteiger partial charge in [0, 0.05) is 23.9 Å². The summed E-state index contributed by atoms with van der Waals surface area (Å²) in [5.74, 6) is 1.78. The van der Waals surface area contributed by atoms with Gasteiger partial charge < -0.3 is 4.90 Å². The van der Waals surface area contributed by atoms with Crippen LogP contribution in [0.2, 0.25) is 0 Å². The van der Waals surface area contributed by atoms with E-state index in [2.05, 4.69) is 13.8 Å². The summed E-state index contributed by atoms with van der Waals surface area (Å²) in [6.07, 6.45) is 4.69. The van der Waals surface area contributed by atoms with Gasteiger partial charge in [0.05, 0.1) is 11.0 Å². The Morgan fingerprint density at radius 2 is 1.88 bits per heavy atom. The highest BCUT2D eigenvalue weighted by Gasteiger charge is 2.36. The van der Waals surface area contributed by atoms with E-state index in [1.807, 2.05) is 22.4 Å². The summed E-state index contributed by atoms with van der Waals surface area (Å²) in [6, 6.07) is 3.80. The number of nitrogens with zero attached hydrogens (tertiary/aromatic N) is 1. The first-order valence-corrected chi connectivity index (χ1v) is 12.0. The fourth-order valence-electron chi connectivity index (χ4n) is 4.25. The minimum Gasteiger partial charge on any atom is -0.341 e. The highest BCUT2D eigenvalue weighted by Crippen LogP contribution is 2.36. The molecule has 1 atom stereocenters. The van der Waals surface area contributed by atoms with E-state index in [9.17, 15) is 13.2 Å². The van der Waals surface area contributed by atoms with Crippen molar-refractivity contribution in [2.24, 2.45) is 17.8 Å². The Kier molecular flexibility index (Phi) is 5.88. The molecular formula is C19H29NO3S2. The van der Waals surface area contributed by atoms with Crippen LogP contribution in [-0.4, -0.2) is 38.1 Å². The zero-order valence-corrected chi connectivity index (χ0v) is 16.8. The molecule has 1 aliphatic heterocycles. The van der Waals surface area contributed by atoms with Crippen LogP contribution < -0.4 is 0 Å². The van der Waals surface area contributed by atoms with E-state index < -0.39 is 15.1 Å². The van der Waals surface area contributed by atoms with Crippen LogP contribution in [0.25, 0.3) is 0 Å². The van der Waals surface area contributed by atoms with Gasteiger partial charge in [-0.05, 0) is 55.4 Å². The summed E-state index contributed by atoms with van der Waals surface area (Å²) in [4.78, 5) is 15.7. The lowest BCUT2D eigenvalue weighted by Gasteiger charge is -2.33. The van der Waals surface area contributed by atoms with E-state index >= 15 is 0 Å². The third-order valence-corrected chi connectivity index (χ3v) is 9.22. The number of carbonyl (C=O) groups is 1. The van der Waals surface area contributed by atoms with Gasteiger partial charge in [0.25, 0.3) is 0 Å². The second-order valence-electron chi connectivity index (χ2n) is 7.84. The smallest absolute Gasteiger partial charge is 0.225 e. The number of amides is 1. The van der Waals surface area contributed by atoms with Crippen molar-refractivity contribution < 1.29 is 13.2 Å². The normalized spacial score (nSPS) is 30.2. The fraction of sp³-hybridized carbons (Fsp3) is 0.737. The van der Waals surface area contributed by atoms with Crippen molar-refractivity contribution in [3.8, 4) is 0 Å². The van der Waals surface area contributed by atoms with Gasteiger partial charge in [0.15, 0.2) is 9.84 Å². The molecule has 25 heavy (non-hydrogen) atoms. The predicted octanol–water partition coefficient (Wildman–Crippen LogP) is 3.90. The molecule has 0 aromatic carbocycles. The Balaban J connectivity index is 1.64. The molecule has 2 fully saturated rings. The minimum absolute atomic E-state index is 0.0860. The minimum atomic E-state index is -3.18. The number of thiophene rings is 1. The van der Waals surface area contributed by atoms with Crippen molar-refractivity contribution in [2.75, 3.05) is 18.8 Å². The summed E-state index contributed by atoms with van der Waals surface area (Å²) in [5, 5.41) is 1.48. The molecule has 1 saturated carbocycles. The molecule has 0 bridgehead atoms. The zero-order chi connectivity index (χ0) is 18.0. The van der Waals surface area contributed by atoms with E-state index in [0.717, 1.165) is 36.5 Å². The molecule has 1 aromatic rings. The maximum absolute atomic E-state index is 12.9. The van der Waals surface area contributed by atoms with E-state index in [1.165, 1.54) is 11.3 Å². The number of rotatable bonds is 3. The third kappa shape index (κ3) is 4.27. The second kappa shape index (κ2) is 7.78. The standard InChI is InChI=1S/C19H29NO3S2/c1-14(2)15-5-7-16(8-6-15)19(21)20-10-9-18(17-4-3-12-24-17)25(22,23)13-11-20/h3-4,12,14-16,18H,5-11,13H2,1-2H3. The van der Waals surface area contributed by atoms with Crippen LogP contribution in [0.15, 0.2) is 17.5 Å². The Hall–Kier alpha value is -0.880. The third-order valence-electron chi connectivity index (χ3n) is 5.98. The summed E-state index contributed by atoms with van der Waals surface area (Å²) in [6.45, 7) is 5.44. The number of hydrogen-bond donors (Lipinski definition) is 0. The van der Waals surface area contributed by atoms with Gasteiger partial charge in [-0.25, -0.2) is 8.42 Å². The molecule has 1 saturated heterocycles. The molecule has 1 unspecified atom stereocenters. The fourth-order valence-corrected chi connectivity index (χ4v) is 7.25. The van der Waals surface area contributed by atoms with Crippen LogP contribution in [0.5, 0.6) is 0 Å². The molecule has 6 heteroatoms. The molecule has 0 spiro atoms. The van der Waals surface area contributed by atoms with Gasteiger partial charge in [0.2, 0.25) is 5.91 Å². The Morgan fingerprint density at radius 1 is 1.16 bits per heavy atom. The molecular weight excluding hydrogens is 354 g/mol. The van der Waals surface area contributed by atoms with Gasteiger partial charge in [-0.2, -0.15) is 0 Å². The van der Waals surface area contributed by atoms with E-state index in [-0.39, 0.29) is 17.6 Å². The first-order valence-electron chi connectivity index (χ1n) is 9.42. The summed E-state index contributed by atoms with van der Waals surface area (Å²) in [5.41, 5.74) is 0. The van der Waals surface area contributed by atoms with Gasteiger partial charge in [-0.15, -0.1) is 11.3 Å². The monoisotopic (exact) mass is 383 g/mol. The average Bonchev–Trinajstić information content (AvgIpc) is 3.06. The van der Waals surface area contributed by atoms with Crippen molar-refractivity contribution in [1.29, 1.82) is 0 Å². The molecule has 1 amide bonds. The molecule has 2 heterocycles. The molecule has 1 aromatic heterocycles. The second-order valence-corrected chi connectivity index (χ2v) is 11.1. The molecule has 1 aliphatic carbocycles. The lowest BCUT2D eigenvalue weighted by atomic mass is 9.76. The van der Waals surface area contributed by atoms with Crippen LogP contribution >= 0.6 is 11.3 Å². The maximum Gasteiger partial charge on any atom is 0.225 e. The quantitative estimate of drug-likeness (QED) is 0.795. The Bertz CT molecular complexity index is 674. The van der Waals surface area contributed by atoms with Crippen LogP contribution in [0.3, 0.4) is 0 Å². The molecule has 3 rings (SSSR count). The molecule has 140 valence electrons. The molecule has 0 radical (unpaired) electrons. The lowest BCUT2D eigenvalue weighted by Crippen LogP contribution is -2.39. The largest absolute Gasteiger partial charge is 0.341 e. The first kappa shape index (κ1) is 18.9. The molecule has 4 nitrogen and oxygen atoms in total. The van der Waals surface area contributed by atoms with Crippen molar-refractivity contribution >= 4 is 27.1 Å². The molecule has 2 aliphatic rings. The van der Waals surface area contributed by atoms with Gasteiger partial charge >= 0.3 is 0 Å². The average molecular weight is 384 g/mol.